The van der Waals surface area contributed by atoms with E-state index in [0.29, 0.717) is 5.57 Å². The molecule has 6 heteroatoms. The minimum absolute atomic E-state index is 0.114. The number of carbonyl (C=O) groups is 2. The molecule has 1 rings (SSSR count). The van der Waals surface area contributed by atoms with Gasteiger partial charge in [0.2, 0.25) is 0 Å². The van der Waals surface area contributed by atoms with Crippen LogP contribution in [-0.4, -0.2) is 42.7 Å². The van der Waals surface area contributed by atoms with Crippen LogP contribution in [-0.2, 0) is 19.4 Å². The molecule has 1 aliphatic heterocycles. The molecule has 0 saturated carbocycles. The van der Waals surface area contributed by atoms with E-state index >= 15 is 0 Å². The van der Waals surface area contributed by atoms with E-state index in [2.05, 4.69) is 0 Å². The van der Waals surface area contributed by atoms with Crippen molar-refractivity contribution in [3.63, 3.8) is 0 Å². The maximum Gasteiger partial charge on any atom is 0.256 e. The van der Waals surface area contributed by atoms with Crippen molar-refractivity contribution < 1.29 is 18.0 Å². The highest BCUT2D eigenvalue weighted by Crippen LogP contribution is 2.21. The molecule has 5 nitrogen and oxygen atoms in total. The van der Waals surface area contributed by atoms with E-state index in [1.807, 2.05) is 0 Å². The van der Waals surface area contributed by atoms with Gasteiger partial charge >= 0.3 is 0 Å². The quantitative estimate of drug-likeness (QED) is 0.662. The van der Waals surface area contributed by atoms with Crippen LogP contribution < -0.4 is 0 Å². The maximum absolute atomic E-state index is 11.6. The second-order valence-corrected chi connectivity index (χ2v) is 7.24. The first-order valence-electron chi connectivity index (χ1n) is 4.80. The molecule has 1 aliphatic rings. The van der Waals surface area contributed by atoms with Gasteiger partial charge in [-0.05, 0) is 20.8 Å². The van der Waals surface area contributed by atoms with E-state index in [1.165, 1.54) is 26.8 Å². The Kier molecular flexibility index (Phi) is 2.98. The molecule has 0 fully saturated rings. The van der Waals surface area contributed by atoms with Crippen LogP contribution in [0.15, 0.2) is 11.6 Å². The van der Waals surface area contributed by atoms with Crippen LogP contribution in [0.1, 0.15) is 20.8 Å². The third-order valence-corrected chi connectivity index (χ3v) is 4.87. The lowest BCUT2D eigenvalue weighted by Gasteiger charge is -2.27. The lowest BCUT2D eigenvalue weighted by molar-refractivity contribution is -0.137. The summed E-state index contributed by atoms with van der Waals surface area (Å²) in [5.74, 6) is -0.860. The van der Waals surface area contributed by atoms with Crippen LogP contribution in [0.2, 0.25) is 0 Å². The van der Waals surface area contributed by atoms with Gasteiger partial charge in [-0.2, -0.15) is 0 Å². The normalized spacial score (nSPS) is 18.0. The largest absolute Gasteiger partial charge is 0.274 e. The van der Waals surface area contributed by atoms with Gasteiger partial charge in [-0.15, -0.1) is 0 Å². The van der Waals surface area contributed by atoms with Gasteiger partial charge in [0.1, 0.15) is 0 Å². The summed E-state index contributed by atoms with van der Waals surface area (Å²) in [6.45, 7) is 4.41. The fourth-order valence-corrected chi connectivity index (χ4v) is 1.65. The number of sulfone groups is 1. The molecule has 2 amide bonds. The predicted octanol–water partition coefficient (Wildman–Crippen LogP) is 0.125. The summed E-state index contributed by atoms with van der Waals surface area (Å²) < 4.78 is 21.8. The monoisotopic (exact) mass is 245 g/mol. The van der Waals surface area contributed by atoms with Crippen molar-refractivity contribution in [2.75, 3.05) is 12.8 Å². The van der Waals surface area contributed by atoms with Crippen molar-refractivity contribution in [3.05, 3.63) is 11.6 Å². The number of rotatable bonds is 3. The van der Waals surface area contributed by atoms with Crippen LogP contribution in [0.3, 0.4) is 0 Å². The molecule has 0 saturated heterocycles. The SMILES string of the molecule is CC1=CC(=O)N(CC(C)(C)S(C)(=O)=O)C1=O. The van der Waals surface area contributed by atoms with E-state index in [-0.39, 0.29) is 6.54 Å². The van der Waals surface area contributed by atoms with Crippen molar-refractivity contribution >= 4 is 21.7 Å². The Morgan fingerprint density at radius 1 is 1.31 bits per heavy atom. The Morgan fingerprint density at radius 3 is 2.12 bits per heavy atom. The molecular weight excluding hydrogens is 230 g/mol. The molecule has 90 valence electrons. The number of hydrogen-bond acceptors (Lipinski definition) is 4. The number of amides is 2. The maximum atomic E-state index is 11.6. The highest BCUT2D eigenvalue weighted by atomic mass is 32.2. The number of hydrogen-bond donors (Lipinski definition) is 0. The zero-order chi connectivity index (χ0) is 12.7. The Labute approximate surface area is 95.0 Å². The van der Waals surface area contributed by atoms with Gasteiger partial charge in [0.15, 0.2) is 9.84 Å². The summed E-state index contributed by atoms with van der Waals surface area (Å²) in [6, 6.07) is 0. The Morgan fingerprint density at radius 2 is 1.81 bits per heavy atom. The molecule has 0 aromatic rings. The van der Waals surface area contributed by atoms with Gasteiger partial charge in [-0.3, -0.25) is 14.5 Å². The Hall–Kier alpha value is -1.17. The van der Waals surface area contributed by atoms with E-state index in [1.54, 1.807) is 0 Å². The molecule has 0 radical (unpaired) electrons. The van der Waals surface area contributed by atoms with Gasteiger partial charge in [0.05, 0.1) is 4.75 Å². The van der Waals surface area contributed by atoms with Gasteiger partial charge < -0.3 is 0 Å². The van der Waals surface area contributed by atoms with Gasteiger partial charge in [0.25, 0.3) is 11.8 Å². The molecule has 0 aromatic heterocycles. The summed E-state index contributed by atoms with van der Waals surface area (Å²) >= 11 is 0. The number of imide groups is 1. The zero-order valence-corrected chi connectivity index (χ0v) is 10.6. The third-order valence-electron chi connectivity index (χ3n) is 2.73. The lowest BCUT2D eigenvalue weighted by Crippen LogP contribution is -2.46. The first kappa shape index (κ1) is 12.9. The molecule has 0 unspecified atom stereocenters. The summed E-state index contributed by atoms with van der Waals surface area (Å²) in [7, 11) is -3.32. The number of nitrogens with zero attached hydrogens (tertiary/aromatic N) is 1. The summed E-state index contributed by atoms with van der Waals surface area (Å²) in [5, 5.41) is 0. The lowest BCUT2D eigenvalue weighted by atomic mass is 10.2. The van der Waals surface area contributed by atoms with E-state index in [4.69, 9.17) is 0 Å². The van der Waals surface area contributed by atoms with Crippen LogP contribution in [0.5, 0.6) is 0 Å². The molecule has 0 aromatic carbocycles. The first-order chi connectivity index (χ1) is 7.06. The minimum atomic E-state index is -3.32. The summed E-state index contributed by atoms with van der Waals surface area (Å²) in [4.78, 5) is 24.0. The predicted molar refractivity (Wildman–Crippen MR) is 59.4 cm³/mol. The average Bonchev–Trinajstić information content (AvgIpc) is 2.30. The van der Waals surface area contributed by atoms with Gasteiger partial charge in [0, 0.05) is 24.4 Å². The van der Waals surface area contributed by atoms with Crippen LogP contribution in [0.4, 0.5) is 0 Å². The molecule has 0 spiro atoms. The van der Waals surface area contributed by atoms with E-state index < -0.39 is 26.4 Å². The Bertz CT molecular complexity index is 473. The van der Waals surface area contributed by atoms with E-state index in [0.717, 1.165) is 11.2 Å². The van der Waals surface area contributed by atoms with Crippen LogP contribution in [0, 0.1) is 0 Å². The van der Waals surface area contributed by atoms with Crippen molar-refractivity contribution in [1.82, 2.24) is 4.90 Å². The van der Waals surface area contributed by atoms with Crippen molar-refractivity contribution in [3.8, 4) is 0 Å². The first-order valence-corrected chi connectivity index (χ1v) is 6.69. The van der Waals surface area contributed by atoms with Crippen molar-refractivity contribution in [1.29, 1.82) is 0 Å². The smallest absolute Gasteiger partial charge is 0.256 e. The second kappa shape index (κ2) is 3.69. The molecular formula is C10H15NO4S. The molecule has 16 heavy (non-hydrogen) atoms. The standard InChI is InChI=1S/C10H15NO4S/c1-7-5-8(12)11(9(7)13)6-10(2,3)16(4,14)15/h5H,6H2,1-4H3. The summed E-state index contributed by atoms with van der Waals surface area (Å²) in [6.07, 6.45) is 2.32. The zero-order valence-electron chi connectivity index (χ0n) is 9.77. The van der Waals surface area contributed by atoms with Crippen molar-refractivity contribution in [2.45, 2.75) is 25.5 Å². The summed E-state index contributed by atoms with van der Waals surface area (Å²) in [5.41, 5.74) is 0.342. The highest BCUT2D eigenvalue weighted by Gasteiger charge is 2.38. The van der Waals surface area contributed by atoms with Gasteiger partial charge in [-0.1, -0.05) is 0 Å². The molecule has 0 bridgehead atoms. The highest BCUT2D eigenvalue weighted by molar-refractivity contribution is 7.92. The second-order valence-electron chi connectivity index (χ2n) is 4.59. The minimum Gasteiger partial charge on any atom is -0.274 e. The van der Waals surface area contributed by atoms with Gasteiger partial charge in [-0.25, -0.2) is 8.42 Å². The molecule has 1 heterocycles. The molecule has 0 aliphatic carbocycles. The average molecular weight is 245 g/mol. The Balaban J connectivity index is 2.94. The van der Waals surface area contributed by atoms with Crippen LogP contribution >= 0.6 is 0 Å². The number of carbonyl (C=O) groups excluding carboxylic acids is 2. The van der Waals surface area contributed by atoms with Crippen LogP contribution in [0.25, 0.3) is 0 Å². The molecule has 0 atom stereocenters. The van der Waals surface area contributed by atoms with Crippen molar-refractivity contribution in [2.24, 2.45) is 0 Å². The third kappa shape index (κ3) is 2.16. The topological polar surface area (TPSA) is 71.5 Å². The fraction of sp³-hybridized carbons (Fsp3) is 0.600. The molecule has 0 N–H and O–H groups in total. The van der Waals surface area contributed by atoms with E-state index in [9.17, 15) is 18.0 Å². The fourth-order valence-electron chi connectivity index (χ4n) is 1.29.